The average molecular weight is 549 g/mol. The van der Waals surface area contributed by atoms with E-state index < -0.39 is 41.9 Å². The van der Waals surface area contributed by atoms with Gasteiger partial charge in [0.15, 0.2) is 0 Å². The Morgan fingerprint density at radius 1 is 1.00 bits per heavy atom. The van der Waals surface area contributed by atoms with Crippen LogP contribution in [0.4, 0.5) is 0 Å². The highest BCUT2D eigenvalue weighted by atomic mass is 16.5. The van der Waals surface area contributed by atoms with Gasteiger partial charge in [0.2, 0.25) is 0 Å². The minimum atomic E-state index is -1.46. The van der Waals surface area contributed by atoms with Crippen LogP contribution >= 0.6 is 0 Å². The minimum absolute atomic E-state index is 0.0675. The number of carbonyl (C=O) groups is 1. The summed E-state index contributed by atoms with van der Waals surface area (Å²) in [5, 5.41) is 22.7. The summed E-state index contributed by atoms with van der Waals surface area (Å²) in [6.07, 6.45) is 0.0236. The lowest BCUT2D eigenvalue weighted by Crippen LogP contribution is -2.46. The molecule has 2 N–H and O–H groups in total. The molecule has 40 heavy (non-hydrogen) atoms. The van der Waals surface area contributed by atoms with Crippen molar-refractivity contribution in [1.82, 2.24) is 0 Å². The van der Waals surface area contributed by atoms with E-state index in [1.165, 1.54) is 0 Å². The Morgan fingerprint density at radius 2 is 1.57 bits per heavy atom. The summed E-state index contributed by atoms with van der Waals surface area (Å²) >= 11 is 0. The number of benzene rings is 2. The van der Waals surface area contributed by atoms with E-state index in [0.29, 0.717) is 13.0 Å². The molecule has 6 nitrogen and oxygen atoms in total. The van der Waals surface area contributed by atoms with Crippen LogP contribution in [0.2, 0.25) is 0 Å². The van der Waals surface area contributed by atoms with Gasteiger partial charge in [-0.3, -0.25) is 4.79 Å². The van der Waals surface area contributed by atoms with Gasteiger partial charge in [-0.1, -0.05) is 86.0 Å². The van der Waals surface area contributed by atoms with Crippen molar-refractivity contribution in [2.24, 2.45) is 11.8 Å². The first-order valence-electron chi connectivity index (χ1n) is 14.2. The normalized spacial score (nSPS) is 30.2. The van der Waals surface area contributed by atoms with Gasteiger partial charge in [-0.15, -0.1) is 0 Å². The van der Waals surface area contributed by atoms with Crippen molar-refractivity contribution in [2.75, 3.05) is 0 Å². The van der Waals surface area contributed by atoms with Gasteiger partial charge in [0.1, 0.15) is 6.10 Å². The van der Waals surface area contributed by atoms with E-state index in [1.807, 2.05) is 81.4 Å². The van der Waals surface area contributed by atoms with Crippen molar-refractivity contribution >= 4 is 5.97 Å². The van der Waals surface area contributed by atoms with Gasteiger partial charge < -0.3 is 24.4 Å². The number of aliphatic hydroxyl groups is 2. The number of rotatable bonds is 7. The molecule has 0 amide bonds. The summed E-state index contributed by atoms with van der Waals surface area (Å²) in [4.78, 5) is 13.2. The minimum Gasteiger partial charge on any atom is -0.457 e. The molecule has 0 fully saturated rings. The Kier molecular flexibility index (Phi) is 12.0. The number of ether oxygens (including phenoxy) is 3. The van der Waals surface area contributed by atoms with E-state index in [9.17, 15) is 15.0 Å². The summed E-state index contributed by atoms with van der Waals surface area (Å²) in [5.41, 5.74) is 7.51. The Bertz CT molecular complexity index is 1160. The predicted octanol–water partition coefficient (Wildman–Crippen LogP) is 5.91. The molecule has 0 aromatic heterocycles. The molecule has 0 aliphatic carbocycles. The molecule has 1 heterocycles. The molecule has 0 unspecified atom stereocenters. The average Bonchev–Trinajstić information content (AvgIpc) is 2.95. The van der Waals surface area contributed by atoms with Crippen molar-refractivity contribution in [3.8, 4) is 0 Å². The maximum Gasteiger partial charge on any atom is 0.311 e. The third kappa shape index (κ3) is 9.31. The standard InChI is InChI=1S/C34H44O6/c1-6-29-24(2)14-13-19-30(38-22-27-15-9-7-10-16-27)25(3)21-34(5,37)32(35)20-31(26(4)33(36)40-29)39-23-28-17-11-8-12-18-28/h7-12,15-19,25-26,29-32,35,37H,6,20-23H2,1-5H3/t25-,26-,29-,30-,31+,32-,34-/m1/s1. The fourth-order valence-corrected chi connectivity index (χ4v) is 4.91. The number of cyclic esters (lactones) is 1. The van der Waals surface area contributed by atoms with E-state index in [4.69, 9.17) is 14.2 Å². The maximum atomic E-state index is 13.2. The molecule has 0 saturated heterocycles. The Hall–Kier alpha value is -2.95. The van der Waals surface area contributed by atoms with Gasteiger partial charge in [-0.25, -0.2) is 0 Å². The van der Waals surface area contributed by atoms with Gasteiger partial charge in [0, 0.05) is 12.0 Å². The molecular formula is C34H44O6. The summed E-state index contributed by atoms with van der Waals surface area (Å²) in [6, 6.07) is 19.5. The van der Waals surface area contributed by atoms with Crippen molar-refractivity contribution < 1.29 is 29.2 Å². The fraction of sp³-hybridized carbons (Fsp3) is 0.500. The van der Waals surface area contributed by atoms with Crippen molar-refractivity contribution in [2.45, 2.75) is 97.1 Å². The molecule has 7 atom stereocenters. The number of hydrogen-bond acceptors (Lipinski definition) is 6. The van der Waals surface area contributed by atoms with E-state index in [0.717, 1.165) is 16.7 Å². The lowest BCUT2D eigenvalue weighted by molar-refractivity contribution is -0.161. The molecule has 1 aliphatic heterocycles. The Balaban J connectivity index is 1.92. The summed E-state index contributed by atoms with van der Waals surface area (Å²) in [5.74, 6) is -1.25. The largest absolute Gasteiger partial charge is 0.457 e. The van der Waals surface area contributed by atoms with Gasteiger partial charge in [0.25, 0.3) is 0 Å². The van der Waals surface area contributed by atoms with Crippen molar-refractivity contribution in [1.29, 1.82) is 0 Å². The molecule has 0 bridgehead atoms. The van der Waals surface area contributed by atoms with Gasteiger partial charge in [0.05, 0.1) is 43.0 Å². The summed E-state index contributed by atoms with van der Waals surface area (Å²) in [7, 11) is 0. The highest BCUT2D eigenvalue weighted by Crippen LogP contribution is 2.30. The van der Waals surface area contributed by atoms with Gasteiger partial charge >= 0.3 is 5.97 Å². The molecule has 3 rings (SSSR count). The van der Waals surface area contributed by atoms with Crippen molar-refractivity contribution in [3.63, 3.8) is 0 Å². The van der Waals surface area contributed by atoms with Crippen LogP contribution in [0.1, 0.15) is 65.0 Å². The number of esters is 1. The van der Waals surface area contributed by atoms with E-state index in [1.54, 1.807) is 19.9 Å². The highest BCUT2D eigenvalue weighted by molar-refractivity contribution is 5.73. The number of carbonyl (C=O) groups excluding carboxylic acids is 1. The monoisotopic (exact) mass is 548 g/mol. The van der Waals surface area contributed by atoms with E-state index >= 15 is 0 Å². The first-order chi connectivity index (χ1) is 19.1. The first-order valence-corrected chi connectivity index (χ1v) is 14.2. The quantitative estimate of drug-likeness (QED) is 0.330. The Morgan fingerprint density at radius 3 is 2.15 bits per heavy atom. The SMILES string of the molecule is CC[C@H]1OC(=O)[C@H](C)[C@@H](OCc2ccccc2)C[C@@H](O)[C@](C)(O)C[C@@H](C)[C@H](OCc2ccccc2)C=C=C=C1C. The predicted molar refractivity (Wildman–Crippen MR) is 155 cm³/mol. The molecule has 0 spiro atoms. The second kappa shape index (κ2) is 15.2. The van der Waals surface area contributed by atoms with Crippen LogP contribution in [0.15, 0.2) is 83.8 Å². The van der Waals surface area contributed by atoms with Crippen LogP contribution in [0, 0.1) is 11.8 Å². The molecule has 2 aromatic rings. The second-order valence-electron chi connectivity index (χ2n) is 11.1. The highest BCUT2D eigenvalue weighted by Gasteiger charge is 2.39. The Labute approximate surface area is 239 Å². The zero-order chi connectivity index (χ0) is 29.1. The van der Waals surface area contributed by atoms with Gasteiger partial charge in [-0.2, -0.15) is 0 Å². The third-order valence-electron chi connectivity index (χ3n) is 7.62. The van der Waals surface area contributed by atoms with Crippen LogP contribution in [0.3, 0.4) is 0 Å². The van der Waals surface area contributed by atoms with Crippen LogP contribution in [-0.4, -0.2) is 46.2 Å². The first kappa shape index (κ1) is 31.6. The lowest BCUT2D eigenvalue weighted by Gasteiger charge is -2.36. The van der Waals surface area contributed by atoms with E-state index in [2.05, 4.69) is 11.5 Å². The smallest absolute Gasteiger partial charge is 0.311 e. The summed E-state index contributed by atoms with van der Waals surface area (Å²) < 4.78 is 18.3. The lowest BCUT2D eigenvalue weighted by atomic mass is 9.82. The van der Waals surface area contributed by atoms with Crippen molar-refractivity contribution in [3.05, 3.63) is 94.9 Å². The topological polar surface area (TPSA) is 85.2 Å². The zero-order valence-corrected chi connectivity index (χ0v) is 24.4. The van der Waals surface area contributed by atoms with Crippen LogP contribution < -0.4 is 0 Å². The molecule has 0 radical (unpaired) electrons. The van der Waals surface area contributed by atoms with Crippen LogP contribution in [0.25, 0.3) is 0 Å². The molecule has 6 heteroatoms. The third-order valence-corrected chi connectivity index (χ3v) is 7.62. The second-order valence-corrected chi connectivity index (χ2v) is 11.1. The fourth-order valence-electron chi connectivity index (χ4n) is 4.91. The zero-order valence-electron chi connectivity index (χ0n) is 24.4. The molecule has 0 saturated carbocycles. The maximum absolute atomic E-state index is 13.2. The van der Waals surface area contributed by atoms with Crippen LogP contribution in [0.5, 0.6) is 0 Å². The van der Waals surface area contributed by atoms with Crippen LogP contribution in [-0.2, 0) is 32.2 Å². The van der Waals surface area contributed by atoms with Gasteiger partial charge in [-0.05, 0) is 56.7 Å². The molecule has 2 aromatic carbocycles. The molecular weight excluding hydrogens is 504 g/mol. The summed E-state index contributed by atoms with van der Waals surface area (Å²) in [6.45, 7) is 9.83. The number of hydrogen-bond donors (Lipinski definition) is 2. The van der Waals surface area contributed by atoms with E-state index in [-0.39, 0.29) is 25.4 Å². The molecule has 216 valence electrons. The molecule has 1 aliphatic rings. The number of aliphatic hydroxyl groups excluding tert-OH is 1.